The Labute approximate surface area is 97.5 Å². The smallest absolute Gasteiger partial charge is 0.150 e. The first-order valence-corrected chi connectivity index (χ1v) is 6.39. The fourth-order valence-electron chi connectivity index (χ4n) is 2.35. The summed E-state index contributed by atoms with van der Waals surface area (Å²) in [6.45, 7) is 4.48. The highest BCUT2D eigenvalue weighted by Crippen LogP contribution is 2.16. The molecule has 1 saturated heterocycles. The molecule has 1 N–H and O–H groups in total. The van der Waals surface area contributed by atoms with E-state index >= 15 is 0 Å². The quantitative estimate of drug-likeness (QED) is 0.835. The summed E-state index contributed by atoms with van der Waals surface area (Å²) in [5.74, 6) is 2.94. The van der Waals surface area contributed by atoms with Gasteiger partial charge in [0.1, 0.15) is 5.82 Å². The zero-order chi connectivity index (χ0) is 11.4. The van der Waals surface area contributed by atoms with Crippen molar-refractivity contribution in [3.8, 4) is 0 Å². The van der Waals surface area contributed by atoms with Gasteiger partial charge in [0.15, 0.2) is 5.82 Å². The number of nitrogens with zero attached hydrogens (tertiary/aromatic N) is 3. The molecular weight excluding hydrogens is 200 g/mol. The van der Waals surface area contributed by atoms with Crippen LogP contribution in [0.15, 0.2) is 0 Å². The molecule has 1 aliphatic heterocycles. The van der Waals surface area contributed by atoms with Gasteiger partial charge in [0, 0.05) is 19.9 Å². The first-order chi connectivity index (χ1) is 7.79. The second-order valence-corrected chi connectivity index (χ2v) is 4.67. The van der Waals surface area contributed by atoms with Crippen LogP contribution in [0.1, 0.15) is 37.8 Å². The summed E-state index contributed by atoms with van der Waals surface area (Å²) >= 11 is 0. The lowest BCUT2D eigenvalue weighted by Crippen LogP contribution is -2.30. The van der Waals surface area contributed by atoms with Crippen molar-refractivity contribution < 1.29 is 0 Å². The summed E-state index contributed by atoms with van der Waals surface area (Å²) in [4.78, 5) is 4.54. The second kappa shape index (κ2) is 5.43. The Balaban J connectivity index is 1.85. The van der Waals surface area contributed by atoms with Gasteiger partial charge >= 0.3 is 0 Å². The molecule has 1 aromatic heterocycles. The maximum Gasteiger partial charge on any atom is 0.150 e. The third-order valence-corrected chi connectivity index (χ3v) is 3.39. The summed E-state index contributed by atoms with van der Waals surface area (Å²) < 4.78 is 1.94. The van der Waals surface area contributed by atoms with Crippen LogP contribution in [0.4, 0.5) is 0 Å². The number of aryl methyl sites for hydroxylation is 3. The largest absolute Gasteiger partial charge is 0.316 e. The Kier molecular flexibility index (Phi) is 3.93. The normalized spacial score (nSPS) is 21.2. The maximum atomic E-state index is 4.54. The van der Waals surface area contributed by atoms with E-state index in [1.165, 1.54) is 32.4 Å². The van der Waals surface area contributed by atoms with E-state index in [4.69, 9.17) is 0 Å². The second-order valence-electron chi connectivity index (χ2n) is 4.67. The molecule has 0 saturated carbocycles. The number of hydrogen-bond acceptors (Lipinski definition) is 3. The van der Waals surface area contributed by atoms with Crippen molar-refractivity contribution in [2.24, 2.45) is 13.0 Å². The van der Waals surface area contributed by atoms with Gasteiger partial charge in [-0.05, 0) is 38.3 Å². The average molecular weight is 222 g/mol. The van der Waals surface area contributed by atoms with Gasteiger partial charge in [0.25, 0.3) is 0 Å². The molecule has 0 aliphatic carbocycles. The molecule has 0 amide bonds. The van der Waals surface area contributed by atoms with Crippen LogP contribution in [0.3, 0.4) is 0 Å². The first-order valence-electron chi connectivity index (χ1n) is 6.39. The fraction of sp³-hybridized carbons (Fsp3) is 0.833. The summed E-state index contributed by atoms with van der Waals surface area (Å²) in [5, 5.41) is 7.84. The summed E-state index contributed by atoms with van der Waals surface area (Å²) in [7, 11) is 2.00. The molecule has 0 bridgehead atoms. The molecule has 1 atom stereocenters. The predicted molar refractivity (Wildman–Crippen MR) is 64.3 cm³/mol. The highest BCUT2D eigenvalue weighted by Gasteiger charge is 2.14. The lowest BCUT2D eigenvalue weighted by Gasteiger charge is -2.22. The standard InChI is InChI=1S/C12H22N4/c1-3-11-14-12(16(2)15-11)7-6-10-5-4-8-13-9-10/h10,13H,3-9H2,1-2H3. The highest BCUT2D eigenvalue weighted by molar-refractivity contribution is 4.93. The van der Waals surface area contributed by atoms with Crippen LogP contribution in [0.5, 0.6) is 0 Å². The van der Waals surface area contributed by atoms with Crippen LogP contribution >= 0.6 is 0 Å². The van der Waals surface area contributed by atoms with Crippen LogP contribution in [0.2, 0.25) is 0 Å². The van der Waals surface area contributed by atoms with Crippen LogP contribution in [0, 0.1) is 5.92 Å². The lowest BCUT2D eigenvalue weighted by atomic mass is 9.94. The van der Waals surface area contributed by atoms with Gasteiger partial charge in [-0.25, -0.2) is 4.98 Å². The van der Waals surface area contributed by atoms with Gasteiger partial charge in [-0.3, -0.25) is 4.68 Å². The van der Waals surface area contributed by atoms with Crippen LogP contribution in [-0.2, 0) is 19.9 Å². The Morgan fingerprint density at radius 3 is 3.00 bits per heavy atom. The maximum absolute atomic E-state index is 4.54. The molecule has 1 fully saturated rings. The SMILES string of the molecule is CCc1nc(CCC2CCCNC2)n(C)n1. The number of piperidine rings is 1. The zero-order valence-electron chi connectivity index (χ0n) is 10.4. The van der Waals surface area contributed by atoms with Gasteiger partial charge < -0.3 is 5.32 Å². The number of hydrogen-bond donors (Lipinski definition) is 1. The topological polar surface area (TPSA) is 42.7 Å². The van der Waals surface area contributed by atoms with Gasteiger partial charge in [-0.2, -0.15) is 5.10 Å². The molecule has 1 unspecified atom stereocenters. The van der Waals surface area contributed by atoms with E-state index in [0.29, 0.717) is 0 Å². The Bertz CT molecular complexity index is 326. The summed E-state index contributed by atoms with van der Waals surface area (Å²) in [5.41, 5.74) is 0. The van der Waals surface area contributed by atoms with Crippen molar-refractivity contribution in [2.45, 2.75) is 39.0 Å². The minimum atomic E-state index is 0.829. The van der Waals surface area contributed by atoms with E-state index in [2.05, 4.69) is 22.3 Å². The van der Waals surface area contributed by atoms with Crippen molar-refractivity contribution in [3.63, 3.8) is 0 Å². The number of aromatic nitrogens is 3. The predicted octanol–water partition coefficient (Wildman–Crippen LogP) is 1.31. The minimum Gasteiger partial charge on any atom is -0.316 e. The van der Waals surface area contributed by atoms with Crippen molar-refractivity contribution in [2.75, 3.05) is 13.1 Å². The van der Waals surface area contributed by atoms with E-state index in [1.807, 2.05) is 11.7 Å². The lowest BCUT2D eigenvalue weighted by molar-refractivity contribution is 0.354. The molecule has 1 aromatic rings. The molecule has 16 heavy (non-hydrogen) atoms. The average Bonchev–Trinajstić information content (AvgIpc) is 2.69. The number of rotatable bonds is 4. The van der Waals surface area contributed by atoms with E-state index in [0.717, 1.165) is 30.4 Å². The van der Waals surface area contributed by atoms with E-state index in [-0.39, 0.29) is 0 Å². The van der Waals surface area contributed by atoms with Gasteiger partial charge in [0.2, 0.25) is 0 Å². The molecule has 90 valence electrons. The Morgan fingerprint density at radius 2 is 2.38 bits per heavy atom. The van der Waals surface area contributed by atoms with Crippen molar-refractivity contribution in [1.29, 1.82) is 0 Å². The molecule has 2 rings (SSSR count). The third-order valence-electron chi connectivity index (χ3n) is 3.39. The summed E-state index contributed by atoms with van der Waals surface area (Å²) in [6, 6.07) is 0. The molecule has 4 nitrogen and oxygen atoms in total. The monoisotopic (exact) mass is 222 g/mol. The Hall–Kier alpha value is -0.900. The van der Waals surface area contributed by atoms with Crippen LogP contribution in [-0.4, -0.2) is 27.9 Å². The Morgan fingerprint density at radius 1 is 1.50 bits per heavy atom. The van der Waals surface area contributed by atoms with Crippen molar-refractivity contribution in [1.82, 2.24) is 20.1 Å². The molecule has 0 aromatic carbocycles. The number of nitrogens with one attached hydrogen (secondary N) is 1. The van der Waals surface area contributed by atoms with Gasteiger partial charge in [-0.15, -0.1) is 0 Å². The van der Waals surface area contributed by atoms with E-state index in [9.17, 15) is 0 Å². The molecular formula is C12H22N4. The van der Waals surface area contributed by atoms with Crippen molar-refractivity contribution >= 4 is 0 Å². The molecule has 4 heteroatoms. The van der Waals surface area contributed by atoms with Gasteiger partial charge in [-0.1, -0.05) is 6.92 Å². The van der Waals surface area contributed by atoms with Crippen LogP contribution in [0.25, 0.3) is 0 Å². The van der Waals surface area contributed by atoms with E-state index in [1.54, 1.807) is 0 Å². The molecule has 0 spiro atoms. The highest BCUT2D eigenvalue weighted by atomic mass is 15.3. The van der Waals surface area contributed by atoms with E-state index < -0.39 is 0 Å². The van der Waals surface area contributed by atoms with Crippen LogP contribution < -0.4 is 5.32 Å². The molecule has 1 aliphatic rings. The molecule has 2 heterocycles. The fourth-order valence-corrected chi connectivity index (χ4v) is 2.35. The van der Waals surface area contributed by atoms with Gasteiger partial charge in [0.05, 0.1) is 0 Å². The van der Waals surface area contributed by atoms with Crippen molar-refractivity contribution in [3.05, 3.63) is 11.6 Å². The summed E-state index contributed by atoms with van der Waals surface area (Å²) in [6.07, 6.45) is 5.92. The minimum absolute atomic E-state index is 0.829. The zero-order valence-corrected chi connectivity index (χ0v) is 10.4. The molecule has 0 radical (unpaired) electrons. The first kappa shape index (κ1) is 11.6. The third kappa shape index (κ3) is 2.82.